The summed E-state index contributed by atoms with van der Waals surface area (Å²) in [6.45, 7) is 1.67. The van der Waals surface area contributed by atoms with E-state index >= 15 is 0 Å². The first-order valence-corrected chi connectivity index (χ1v) is 7.95. The van der Waals surface area contributed by atoms with E-state index in [0.717, 1.165) is 0 Å². The number of ether oxygens (including phenoxy) is 1. The lowest BCUT2D eigenvalue weighted by Crippen LogP contribution is -2.18. The number of esters is 1. The molecule has 7 heteroatoms. The van der Waals surface area contributed by atoms with E-state index in [-0.39, 0.29) is 45.0 Å². The van der Waals surface area contributed by atoms with Crippen molar-refractivity contribution in [2.45, 2.75) is 13.5 Å². The van der Waals surface area contributed by atoms with Crippen LogP contribution in [0.25, 0.3) is 21.8 Å². The van der Waals surface area contributed by atoms with Crippen LogP contribution in [0.2, 0.25) is 10.0 Å². The molecular weight excluding hydrogens is 356 g/mol. The Balaban J connectivity index is 2.47. The molecule has 0 aliphatic carbocycles. The van der Waals surface area contributed by atoms with Crippen LogP contribution in [0, 0.1) is 5.82 Å². The molecule has 0 spiro atoms. The highest BCUT2D eigenvalue weighted by Crippen LogP contribution is 2.31. The van der Waals surface area contributed by atoms with Crippen LogP contribution >= 0.6 is 23.2 Å². The molecule has 4 nitrogen and oxygen atoms in total. The topological polar surface area (TPSA) is 48.3 Å². The second-order valence-corrected chi connectivity index (χ2v) is 5.92. The normalized spacial score (nSPS) is 11.2. The van der Waals surface area contributed by atoms with Gasteiger partial charge < -0.3 is 9.30 Å². The van der Waals surface area contributed by atoms with E-state index in [2.05, 4.69) is 0 Å². The maximum atomic E-state index is 13.7. The summed E-state index contributed by atoms with van der Waals surface area (Å²) >= 11 is 12.3. The Morgan fingerprint density at radius 3 is 2.62 bits per heavy atom. The number of hydrogen-bond donors (Lipinski definition) is 0. The number of hydrogen-bond acceptors (Lipinski definition) is 3. The summed E-state index contributed by atoms with van der Waals surface area (Å²) < 4.78 is 20.1. The predicted molar refractivity (Wildman–Crippen MR) is 92.3 cm³/mol. The van der Waals surface area contributed by atoms with Gasteiger partial charge in [0.15, 0.2) is 5.43 Å². The molecule has 3 aromatic rings. The van der Waals surface area contributed by atoms with E-state index in [1.807, 2.05) is 0 Å². The molecule has 0 unspecified atom stereocenters. The SMILES string of the molecule is CCOC(=O)Cn1c2cc(F)ccc2c(=O)c2ccc(Cl)c(Cl)c21. The molecule has 1 heterocycles. The number of aromatic nitrogens is 1. The lowest BCUT2D eigenvalue weighted by molar-refractivity contribution is -0.143. The second-order valence-electron chi connectivity index (χ2n) is 5.14. The van der Waals surface area contributed by atoms with Crippen LogP contribution in [0.15, 0.2) is 35.1 Å². The molecular formula is C17H12Cl2FNO3. The Hall–Kier alpha value is -2.11. The minimum atomic E-state index is -0.531. The number of nitrogens with zero attached hydrogens (tertiary/aromatic N) is 1. The molecule has 24 heavy (non-hydrogen) atoms. The summed E-state index contributed by atoms with van der Waals surface area (Å²) in [7, 11) is 0. The van der Waals surface area contributed by atoms with Crippen molar-refractivity contribution >= 4 is 51.0 Å². The minimum Gasteiger partial charge on any atom is -0.465 e. The third-order valence-electron chi connectivity index (χ3n) is 3.67. The van der Waals surface area contributed by atoms with Crippen LogP contribution in [0.4, 0.5) is 4.39 Å². The van der Waals surface area contributed by atoms with Gasteiger partial charge in [-0.25, -0.2) is 4.39 Å². The Labute approximate surface area is 146 Å². The van der Waals surface area contributed by atoms with Crippen LogP contribution < -0.4 is 5.43 Å². The molecule has 0 amide bonds. The van der Waals surface area contributed by atoms with E-state index < -0.39 is 11.8 Å². The lowest BCUT2D eigenvalue weighted by atomic mass is 10.1. The Morgan fingerprint density at radius 2 is 1.92 bits per heavy atom. The summed E-state index contributed by atoms with van der Waals surface area (Å²) in [5.74, 6) is -1.05. The highest BCUT2D eigenvalue weighted by molar-refractivity contribution is 6.45. The van der Waals surface area contributed by atoms with E-state index in [1.165, 1.54) is 34.9 Å². The molecule has 2 aromatic carbocycles. The molecule has 0 saturated heterocycles. The Kier molecular flexibility index (Phi) is 4.47. The van der Waals surface area contributed by atoms with Crippen LogP contribution in [-0.4, -0.2) is 17.1 Å². The summed E-state index contributed by atoms with van der Waals surface area (Å²) in [6.07, 6.45) is 0. The first-order valence-electron chi connectivity index (χ1n) is 7.19. The smallest absolute Gasteiger partial charge is 0.325 e. The van der Waals surface area contributed by atoms with Gasteiger partial charge in [0.05, 0.1) is 27.7 Å². The number of fused-ring (bicyclic) bond motifs is 2. The van der Waals surface area contributed by atoms with Gasteiger partial charge in [0.1, 0.15) is 12.4 Å². The summed E-state index contributed by atoms with van der Waals surface area (Å²) in [5, 5.41) is 0.943. The molecule has 0 fully saturated rings. The molecule has 124 valence electrons. The monoisotopic (exact) mass is 367 g/mol. The van der Waals surface area contributed by atoms with E-state index in [0.29, 0.717) is 5.39 Å². The number of benzene rings is 2. The van der Waals surface area contributed by atoms with Gasteiger partial charge in [-0.15, -0.1) is 0 Å². The number of halogens is 3. The van der Waals surface area contributed by atoms with Gasteiger partial charge in [-0.2, -0.15) is 0 Å². The van der Waals surface area contributed by atoms with Gasteiger partial charge in [-0.1, -0.05) is 23.2 Å². The van der Waals surface area contributed by atoms with Crippen molar-refractivity contribution in [1.29, 1.82) is 0 Å². The van der Waals surface area contributed by atoms with Gasteiger partial charge in [0.2, 0.25) is 0 Å². The quantitative estimate of drug-likeness (QED) is 0.515. The summed E-state index contributed by atoms with van der Waals surface area (Å²) in [4.78, 5) is 24.6. The maximum absolute atomic E-state index is 13.7. The number of pyridine rings is 1. The van der Waals surface area contributed by atoms with Crippen molar-refractivity contribution in [3.8, 4) is 0 Å². The standard InChI is InChI=1S/C17H12Cl2FNO3/c1-2-24-14(22)8-21-13-7-9(20)3-4-10(13)17(23)11-5-6-12(18)15(19)16(11)21/h3-7H,2,8H2,1H3. The second kappa shape index (κ2) is 6.42. The average molecular weight is 368 g/mol. The zero-order valence-electron chi connectivity index (χ0n) is 12.6. The van der Waals surface area contributed by atoms with Gasteiger partial charge in [-0.3, -0.25) is 9.59 Å². The van der Waals surface area contributed by atoms with Crippen molar-refractivity contribution in [3.63, 3.8) is 0 Å². The van der Waals surface area contributed by atoms with E-state index in [1.54, 1.807) is 6.92 Å². The number of rotatable bonds is 3. The Morgan fingerprint density at radius 1 is 1.21 bits per heavy atom. The third kappa shape index (κ3) is 2.74. The Bertz CT molecular complexity index is 1030. The highest BCUT2D eigenvalue weighted by atomic mass is 35.5. The minimum absolute atomic E-state index is 0.127. The fourth-order valence-electron chi connectivity index (χ4n) is 2.67. The largest absolute Gasteiger partial charge is 0.465 e. The molecule has 0 bridgehead atoms. The van der Waals surface area contributed by atoms with Crippen LogP contribution in [-0.2, 0) is 16.1 Å². The molecule has 0 radical (unpaired) electrons. The zero-order chi connectivity index (χ0) is 17.4. The van der Waals surface area contributed by atoms with Crippen molar-refractivity contribution in [2.75, 3.05) is 6.61 Å². The van der Waals surface area contributed by atoms with Crippen molar-refractivity contribution in [2.24, 2.45) is 0 Å². The fourth-order valence-corrected chi connectivity index (χ4v) is 3.09. The van der Waals surface area contributed by atoms with Gasteiger partial charge in [0, 0.05) is 10.8 Å². The number of carbonyl (C=O) groups is 1. The molecule has 1 aromatic heterocycles. The first-order chi connectivity index (χ1) is 11.4. The van der Waals surface area contributed by atoms with Crippen molar-refractivity contribution < 1.29 is 13.9 Å². The molecule has 0 aliphatic heterocycles. The van der Waals surface area contributed by atoms with Crippen LogP contribution in [0.3, 0.4) is 0 Å². The average Bonchev–Trinajstić information content (AvgIpc) is 2.54. The molecule has 0 N–H and O–H groups in total. The van der Waals surface area contributed by atoms with Crippen molar-refractivity contribution in [3.05, 3.63) is 56.4 Å². The summed E-state index contributed by atoms with van der Waals surface area (Å²) in [6, 6.07) is 6.82. The number of carbonyl (C=O) groups excluding carboxylic acids is 1. The van der Waals surface area contributed by atoms with Gasteiger partial charge >= 0.3 is 5.97 Å². The van der Waals surface area contributed by atoms with Gasteiger partial charge in [-0.05, 0) is 37.3 Å². The van der Waals surface area contributed by atoms with E-state index in [9.17, 15) is 14.0 Å². The summed E-state index contributed by atoms with van der Waals surface area (Å²) in [5.41, 5.74) is 0.226. The molecule has 0 saturated carbocycles. The molecule has 0 aliphatic rings. The highest BCUT2D eigenvalue weighted by Gasteiger charge is 2.18. The maximum Gasteiger partial charge on any atom is 0.325 e. The third-order valence-corrected chi connectivity index (χ3v) is 4.47. The predicted octanol–water partition coefficient (Wildman–Crippen LogP) is 4.16. The zero-order valence-corrected chi connectivity index (χ0v) is 14.1. The van der Waals surface area contributed by atoms with E-state index in [4.69, 9.17) is 27.9 Å². The first kappa shape index (κ1) is 16.7. The fraction of sp³-hybridized carbons (Fsp3) is 0.176. The van der Waals surface area contributed by atoms with Crippen molar-refractivity contribution in [1.82, 2.24) is 4.57 Å². The molecule has 3 rings (SSSR count). The van der Waals surface area contributed by atoms with Crippen LogP contribution in [0.5, 0.6) is 0 Å². The molecule has 0 atom stereocenters. The van der Waals surface area contributed by atoms with Gasteiger partial charge in [0.25, 0.3) is 0 Å². The van der Waals surface area contributed by atoms with Crippen LogP contribution in [0.1, 0.15) is 6.92 Å². The lowest BCUT2D eigenvalue weighted by Gasteiger charge is -2.16.